The van der Waals surface area contributed by atoms with Crippen LogP contribution in [-0.2, 0) is 17.9 Å². The van der Waals surface area contributed by atoms with Gasteiger partial charge in [0.15, 0.2) is 0 Å². The van der Waals surface area contributed by atoms with Crippen molar-refractivity contribution in [3.63, 3.8) is 0 Å². The van der Waals surface area contributed by atoms with Crippen molar-refractivity contribution in [3.05, 3.63) is 23.2 Å². The highest BCUT2D eigenvalue weighted by atomic mass is 16.5. The van der Waals surface area contributed by atoms with E-state index in [0.29, 0.717) is 18.1 Å². The molecule has 114 valence electrons. The van der Waals surface area contributed by atoms with Crippen molar-refractivity contribution in [1.29, 1.82) is 0 Å². The molecule has 2 rings (SSSR count). The van der Waals surface area contributed by atoms with Gasteiger partial charge in [-0.05, 0) is 50.6 Å². The highest BCUT2D eigenvalue weighted by Gasteiger charge is 2.27. The Bertz CT molecular complexity index is 413. The molecule has 0 radical (unpaired) electrons. The monoisotopic (exact) mass is 279 g/mol. The number of nitrogens with one attached hydrogen (secondary N) is 1. The number of hydrogen-bond donors (Lipinski definition) is 1. The minimum absolute atomic E-state index is 0.408. The summed E-state index contributed by atoms with van der Waals surface area (Å²) in [5, 5.41) is 3.33. The smallest absolute Gasteiger partial charge is 0.130 e. The lowest BCUT2D eigenvalue weighted by Crippen LogP contribution is -2.26. The van der Waals surface area contributed by atoms with Gasteiger partial charge in [0.25, 0.3) is 0 Å². The molecule has 1 aliphatic carbocycles. The van der Waals surface area contributed by atoms with Crippen LogP contribution in [0.3, 0.4) is 0 Å². The Labute approximate surface area is 123 Å². The molecule has 0 aliphatic heterocycles. The van der Waals surface area contributed by atoms with Crippen LogP contribution in [0.5, 0.6) is 0 Å². The summed E-state index contributed by atoms with van der Waals surface area (Å²) < 4.78 is 11.8. The van der Waals surface area contributed by atoms with Gasteiger partial charge >= 0.3 is 0 Å². The van der Waals surface area contributed by atoms with E-state index in [1.807, 2.05) is 6.92 Å². The Kier molecular flexibility index (Phi) is 5.28. The molecule has 0 amide bonds. The second kappa shape index (κ2) is 6.77. The van der Waals surface area contributed by atoms with Crippen molar-refractivity contribution in [2.45, 2.75) is 72.6 Å². The molecule has 0 aromatic carbocycles. The fourth-order valence-corrected chi connectivity index (χ4v) is 2.83. The van der Waals surface area contributed by atoms with Crippen molar-refractivity contribution in [2.75, 3.05) is 6.54 Å². The highest BCUT2D eigenvalue weighted by Crippen LogP contribution is 2.36. The molecular formula is C17H29NO2. The van der Waals surface area contributed by atoms with Crippen LogP contribution >= 0.6 is 0 Å². The molecule has 0 spiro atoms. The predicted molar refractivity (Wildman–Crippen MR) is 81.7 cm³/mol. The maximum absolute atomic E-state index is 6.02. The third kappa shape index (κ3) is 4.35. The fourth-order valence-electron chi connectivity index (χ4n) is 2.83. The standard InChI is InChI=1S/C17H29NO2/c1-5-18-11-14-10-16(20-13(14)2)12-19-15-6-8-17(3,4)9-7-15/h10,15,18H,5-9,11-12H2,1-4H3. The van der Waals surface area contributed by atoms with Gasteiger partial charge in [-0.25, -0.2) is 0 Å². The fraction of sp³-hybridized carbons (Fsp3) is 0.765. The van der Waals surface area contributed by atoms with E-state index in [1.165, 1.54) is 31.2 Å². The normalized spacial score (nSPS) is 19.4. The summed E-state index contributed by atoms with van der Waals surface area (Å²) >= 11 is 0. The summed E-state index contributed by atoms with van der Waals surface area (Å²) in [7, 11) is 0. The summed E-state index contributed by atoms with van der Waals surface area (Å²) in [6.07, 6.45) is 5.29. The van der Waals surface area contributed by atoms with Crippen LogP contribution < -0.4 is 5.32 Å². The molecule has 3 heteroatoms. The van der Waals surface area contributed by atoms with Crippen LogP contribution in [0.1, 0.15) is 63.5 Å². The quantitative estimate of drug-likeness (QED) is 0.848. The molecule has 20 heavy (non-hydrogen) atoms. The number of furan rings is 1. The first-order valence-corrected chi connectivity index (χ1v) is 7.90. The predicted octanol–water partition coefficient (Wildman–Crippen LogP) is 4.18. The number of ether oxygens (including phenoxy) is 1. The van der Waals surface area contributed by atoms with Crippen LogP contribution in [0.2, 0.25) is 0 Å². The molecule has 1 aliphatic rings. The number of rotatable bonds is 6. The van der Waals surface area contributed by atoms with Crippen LogP contribution in [0.25, 0.3) is 0 Å². The summed E-state index contributed by atoms with van der Waals surface area (Å²) in [6.45, 7) is 11.3. The largest absolute Gasteiger partial charge is 0.464 e. The van der Waals surface area contributed by atoms with Gasteiger partial charge in [-0.3, -0.25) is 0 Å². The lowest BCUT2D eigenvalue weighted by Gasteiger charge is -2.33. The van der Waals surface area contributed by atoms with Crippen LogP contribution in [0, 0.1) is 12.3 Å². The summed E-state index contributed by atoms with van der Waals surface area (Å²) in [6, 6.07) is 2.13. The zero-order valence-electron chi connectivity index (χ0n) is 13.4. The summed E-state index contributed by atoms with van der Waals surface area (Å²) in [4.78, 5) is 0. The van der Waals surface area contributed by atoms with E-state index in [0.717, 1.165) is 24.6 Å². The molecule has 1 N–H and O–H groups in total. The van der Waals surface area contributed by atoms with Gasteiger partial charge in [0.2, 0.25) is 0 Å². The molecule has 1 aromatic rings. The Morgan fingerprint density at radius 3 is 2.70 bits per heavy atom. The third-order valence-electron chi connectivity index (χ3n) is 4.38. The first kappa shape index (κ1) is 15.6. The minimum atomic E-state index is 0.408. The van der Waals surface area contributed by atoms with Gasteiger partial charge in [0.1, 0.15) is 18.1 Å². The van der Waals surface area contributed by atoms with Gasteiger partial charge < -0.3 is 14.5 Å². The lowest BCUT2D eigenvalue weighted by atomic mass is 9.76. The Hall–Kier alpha value is -0.800. The SMILES string of the molecule is CCNCc1cc(COC2CCC(C)(C)CC2)oc1C. The number of hydrogen-bond acceptors (Lipinski definition) is 3. The Morgan fingerprint density at radius 2 is 2.05 bits per heavy atom. The van der Waals surface area contributed by atoms with E-state index in [1.54, 1.807) is 0 Å². The zero-order chi connectivity index (χ0) is 14.6. The van der Waals surface area contributed by atoms with Gasteiger partial charge in [-0.1, -0.05) is 20.8 Å². The van der Waals surface area contributed by atoms with Crippen LogP contribution in [-0.4, -0.2) is 12.6 Å². The van der Waals surface area contributed by atoms with Gasteiger partial charge in [0, 0.05) is 12.1 Å². The van der Waals surface area contributed by atoms with E-state index in [9.17, 15) is 0 Å². The molecular weight excluding hydrogens is 250 g/mol. The Balaban J connectivity index is 1.79. The van der Waals surface area contributed by atoms with E-state index >= 15 is 0 Å². The first-order valence-electron chi connectivity index (χ1n) is 7.90. The minimum Gasteiger partial charge on any atom is -0.464 e. The molecule has 1 saturated carbocycles. The molecule has 0 atom stereocenters. The van der Waals surface area contributed by atoms with E-state index < -0.39 is 0 Å². The second-order valence-corrected chi connectivity index (χ2v) is 6.75. The maximum atomic E-state index is 6.02. The molecule has 0 bridgehead atoms. The second-order valence-electron chi connectivity index (χ2n) is 6.75. The molecule has 0 saturated heterocycles. The van der Waals surface area contributed by atoms with Crippen molar-refractivity contribution in [1.82, 2.24) is 5.32 Å². The third-order valence-corrected chi connectivity index (χ3v) is 4.38. The van der Waals surface area contributed by atoms with Crippen molar-refractivity contribution >= 4 is 0 Å². The summed E-state index contributed by atoms with van der Waals surface area (Å²) in [5.41, 5.74) is 1.75. The topological polar surface area (TPSA) is 34.4 Å². The lowest BCUT2D eigenvalue weighted by molar-refractivity contribution is -0.0122. The van der Waals surface area contributed by atoms with E-state index in [4.69, 9.17) is 9.15 Å². The van der Waals surface area contributed by atoms with Gasteiger partial charge in [-0.15, -0.1) is 0 Å². The van der Waals surface area contributed by atoms with Crippen LogP contribution in [0.4, 0.5) is 0 Å². The number of aryl methyl sites for hydroxylation is 1. The zero-order valence-corrected chi connectivity index (χ0v) is 13.4. The molecule has 1 aromatic heterocycles. The van der Waals surface area contributed by atoms with Crippen molar-refractivity contribution in [3.8, 4) is 0 Å². The first-order chi connectivity index (χ1) is 9.50. The highest BCUT2D eigenvalue weighted by molar-refractivity contribution is 5.20. The van der Waals surface area contributed by atoms with E-state index in [2.05, 4.69) is 32.2 Å². The molecule has 3 nitrogen and oxygen atoms in total. The van der Waals surface area contributed by atoms with Gasteiger partial charge in [0.05, 0.1) is 6.10 Å². The molecule has 1 heterocycles. The van der Waals surface area contributed by atoms with Gasteiger partial charge in [-0.2, -0.15) is 0 Å². The maximum Gasteiger partial charge on any atom is 0.130 e. The average Bonchev–Trinajstić information content (AvgIpc) is 2.76. The van der Waals surface area contributed by atoms with Crippen LogP contribution in [0.15, 0.2) is 10.5 Å². The molecule has 1 fully saturated rings. The molecule has 0 unspecified atom stereocenters. The van der Waals surface area contributed by atoms with E-state index in [-0.39, 0.29) is 0 Å². The van der Waals surface area contributed by atoms with Crippen molar-refractivity contribution < 1.29 is 9.15 Å². The average molecular weight is 279 g/mol. The Morgan fingerprint density at radius 1 is 1.35 bits per heavy atom. The summed E-state index contributed by atoms with van der Waals surface area (Å²) in [5.74, 6) is 1.97. The van der Waals surface area contributed by atoms with Crippen molar-refractivity contribution in [2.24, 2.45) is 5.41 Å².